The number of alkyl halides is 3. The lowest BCUT2D eigenvalue weighted by Gasteiger charge is -2.16. The van der Waals surface area contributed by atoms with Crippen LogP contribution in [-0.4, -0.2) is 33.0 Å². The van der Waals surface area contributed by atoms with Crippen molar-refractivity contribution in [2.45, 2.75) is 44.8 Å². The van der Waals surface area contributed by atoms with E-state index in [2.05, 4.69) is 36.1 Å². The fourth-order valence-corrected chi connectivity index (χ4v) is 5.62. The minimum Gasteiger partial charge on any atom is -0.480 e. The highest BCUT2D eigenvalue weighted by Gasteiger charge is 2.30. The summed E-state index contributed by atoms with van der Waals surface area (Å²) in [6.07, 6.45) is -0.883. The summed E-state index contributed by atoms with van der Waals surface area (Å²) in [6.45, 7) is 6.16. The van der Waals surface area contributed by atoms with Gasteiger partial charge in [0.1, 0.15) is 6.04 Å². The molecule has 2 N–H and O–H groups in total. The lowest BCUT2D eigenvalue weighted by molar-refractivity contribution is -0.139. The van der Waals surface area contributed by atoms with Crippen LogP contribution in [0.3, 0.4) is 0 Å². The van der Waals surface area contributed by atoms with Crippen LogP contribution in [-0.2, 0) is 22.8 Å². The first-order chi connectivity index (χ1) is 21.3. The van der Waals surface area contributed by atoms with E-state index in [1.165, 1.54) is 23.5 Å². The average molecular weight is 630 g/mol. The number of thiophene rings is 1. The molecule has 2 heterocycles. The Morgan fingerprint density at radius 1 is 0.756 bits per heavy atom. The van der Waals surface area contributed by atoms with E-state index in [1.807, 2.05) is 30.3 Å². The summed E-state index contributed by atoms with van der Waals surface area (Å²) in [5, 5.41) is 12.4. The Kier molecular flexibility index (Phi) is 8.88. The Hall–Kier alpha value is -4.83. The number of hydrogen-bond donors (Lipinski definition) is 2. The molecule has 230 valence electrons. The van der Waals surface area contributed by atoms with Crippen molar-refractivity contribution in [3.63, 3.8) is 0 Å². The molecule has 0 aliphatic rings. The number of carboxylic acid groups (broad SMARTS) is 1. The number of carbonyl (C=O) groups excluding carboxylic acids is 1. The molecule has 10 heteroatoms. The molecular weight excluding hydrogens is 599 g/mol. The molecule has 0 saturated heterocycles. The molecule has 0 aliphatic heterocycles. The molecule has 1 unspecified atom stereocenters. The van der Waals surface area contributed by atoms with Gasteiger partial charge in [0, 0.05) is 34.8 Å². The van der Waals surface area contributed by atoms with Crippen molar-refractivity contribution < 1.29 is 27.9 Å². The van der Waals surface area contributed by atoms with Crippen LogP contribution in [0.5, 0.6) is 0 Å². The van der Waals surface area contributed by atoms with Crippen LogP contribution >= 0.6 is 11.3 Å². The number of amides is 1. The molecule has 0 aliphatic carbocycles. The summed E-state index contributed by atoms with van der Waals surface area (Å²) in [5.74, 6) is -1.05. The van der Waals surface area contributed by atoms with Gasteiger partial charge in [-0.2, -0.15) is 13.2 Å². The molecular formula is C35H30F3N3O3S. The number of rotatable bonds is 8. The van der Waals surface area contributed by atoms with Gasteiger partial charge >= 0.3 is 12.1 Å². The maximum absolute atomic E-state index is 12.9. The second-order valence-corrected chi connectivity index (χ2v) is 12.7. The second kappa shape index (κ2) is 12.6. The molecule has 1 amide bonds. The number of halogens is 3. The summed E-state index contributed by atoms with van der Waals surface area (Å²) in [4.78, 5) is 35.2. The summed E-state index contributed by atoms with van der Waals surface area (Å²) < 4.78 is 38.6. The Balaban J connectivity index is 1.22. The number of nitrogens with one attached hydrogen (secondary N) is 1. The van der Waals surface area contributed by atoms with Crippen LogP contribution in [0.25, 0.3) is 33.6 Å². The molecule has 0 bridgehead atoms. The molecule has 45 heavy (non-hydrogen) atoms. The Labute approximate surface area is 262 Å². The first kappa shape index (κ1) is 31.6. The highest BCUT2D eigenvalue weighted by atomic mass is 32.1. The largest absolute Gasteiger partial charge is 0.480 e. The van der Waals surface area contributed by atoms with Gasteiger partial charge in [-0.1, -0.05) is 81.4 Å². The second-order valence-electron chi connectivity index (χ2n) is 11.6. The van der Waals surface area contributed by atoms with Crippen LogP contribution in [0, 0.1) is 0 Å². The highest BCUT2D eigenvalue weighted by Crippen LogP contribution is 2.32. The van der Waals surface area contributed by atoms with Crippen molar-refractivity contribution >= 4 is 23.2 Å². The van der Waals surface area contributed by atoms with Gasteiger partial charge in [0.25, 0.3) is 5.91 Å². The molecule has 5 aromatic rings. The standard InChI is InChI=1S/C35H30F3N3O3S/c1-34(2,3)30-17-16-29(45-30)32(42)41-28(33(43)44)18-21-4-6-25(7-5-21)31-39-19-26(20-40-31)24-10-8-22(9-11-24)23-12-14-27(15-13-23)35(36,37)38/h4-17,19-20,28H,18H2,1-3H3,(H,41,42)(H,43,44). The molecule has 1 atom stereocenters. The fraction of sp³-hybridized carbons (Fsp3) is 0.200. The van der Waals surface area contributed by atoms with E-state index in [1.54, 1.807) is 42.7 Å². The zero-order valence-electron chi connectivity index (χ0n) is 24.7. The average Bonchev–Trinajstić information content (AvgIpc) is 3.53. The van der Waals surface area contributed by atoms with Crippen molar-refractivity contribution in [2.75, 3.05) is 0 Å². The van der Waals surface area contributed by atoms with E-state index >= 15 is 0 Å². The van der Waals surface area contributed by atoms with Crippen molar-refractivity contribution in [3.8, 4) is 33.6 Å². The smallest absolute Gasteiger partial charge is 0.416 e. The number of aliphatic carboxylic acids is 1. The van der Waals surface area contributed by atoms with E-state index in [4.69, 9.17) is 0 Å². The molecule has 0 fully saturated rings. The number of nitrogens with zero attached hydrogens (tertiary/aromatic N) is 2. The number of aromatic nitrogens is 2. The van der Waals surface area contributed by atoms with Gasteiger partial charge < -0.3 is 10.4 Å². The lowest BCUT2D eigenvalue weighted by Crippen LogP contribution is -2.42. The van der Waals surface area contributed by atoms with Crippen molar-refractivity contribution in [2.24, 2.45) is 0 Å². The van der Waals surface area contributed by atoms with Crippen LogP contribution in [0.2, 0.25) is 0 Å². The third kappa shape index (κ3) is 7.64. The third-order valence-corrected chi connectivity index (χ3v) is 8.75. The van der Waals surface area contributed by atoms with E-state index < -0.39 is 29.7 Å². The van der Waals surface area contributed by atoms with Gasteiger partial charge in [-0.3, -0.25) is 4.79 Å². The maximum Gasteiger partial charge on any atom is 0.416 e. The van der Waals surface area contributed by atoms with Gasteiger partial charge in [-0.05, 0) is 51.9 Å². The monoisotopic (exact) mass is 629 g/mol. The van der Waals surface area contributed by atoms with E-state index in [9.17, 15) is 27.9 Å². The molecule has 0 spiro atoms. The predicted octanol–water partition coefficient (Wildman–Crippen LogP) is 8.28. The van der Waals surface area contributed by atoms with Gasteiger partial charge in [0.15, 0.2) is 5.82 Å². The highest BCUT2D eigenvalue weighted by molar-refractivity contribution is 7.14. The van der Waals surface area contributed by atoms with E-state index in [0.717, 1.165) is 44.8 Å². The third-order valence-electron chi connectivity index (χ3n) is 7.24. The number of hydrogen-bond acceptors (Lipinski definition) is 5. The maximum atomic E-state index is 12.9. The SMILES string of the molecule is CC(C)(C)c1ccc(C(=O)NC(Cc2ccc(-c3ncc(-c4ccc(-c5ccc(C(F)(F)F)cc5)cc4)cn3)cc2)C(=O)O)s1. The zero-order valence-corrected chi connectivity index (χ0v) is 25.5. The van der Waals surface area contributed by atoms with Gasteiger partial charge in [0.2, 0.25) is 0 Å². The molecule has 0 saturated carbocycles. The van der Waals surface area contributed by atoms with Gasteiger partial charge in [-0.25, -0.2) is 14.8 Å². The summed E-state index contributed by atoms with van der Waals surface area (Å²) >= 11 is 1.36. The van der Waals surface area contributed by atoms with Crippen LogP contribution in [0.1, 0.15) is 46.4 Å². The van der Waals surface area contributed by atoms with Crippen molar-refractivity contribution in [1.29, 1.82) is 0 Å². The Morgan fingerprint density at radius 2 is 1.27 bits per heavy atom. The minimum absolute atomic E-state index is 0.103. The van der Waals surface area contributed by atoms with Crippen LogP contribution in [0.15, 0.2) is 97.3 Å². The Bertz CT molecular complexity index is 1790. The molecule has 5 rings (SSSR count). The van der Waals surface area contributed by atoms with Crippen molar-refractivity contribution in [3.05, 3.63) is 118 Å². The summed E-state index contributed by atoms with van der Waals surface area (Å²) in [6, 6.07) is 22.1. The van der Waals surface area contributed by atoms with Crippen LogP contribution < -0.4 is 5.32 Å². The summed E-state index contributed by atoms with van der Waals surface area (Å²) in [7, 11) is 0. The lowest BCUT2D eigenvalue weighted by atomic mass is 9.95. The normalized spacial score (nSPS) is 12.5. The first-order valence-corrected chi connectivity index (χ1v) is 14.9. The number of carbonyl (C=O) groups is 2. The number of carboxylic acids is 1. The van der Waals surface area contributed by atoms with E-state index in [0.29, 0.717) is 16.3 Å². The molecule has 3 aromatic carbocycles. The quantitative estimate of drug-likeness (QED) is 0.180. The van der Waals surface area contributed by atoms with E-state index in [-0.39, 0.29) is 11.8 Å². The molecule has 0 radical (unpaired) electrons. The molecule has 6 nitrogen and oxygen atoms in total. The fourth-order valence-electron chi connectivity index (χ4n) is 4.65. The zero-order chi connectivity index (χ0) is 32.4. The molecule has 2 aromatic heterocycles. The predicted molar refractivity (Wildman–Crippen MR) is 169 cm³/mol. The topological polar surface area (TPSA) is 92.2 Å². The van der Waals surface area contributed by atoms with Crippen LogP contribution in [0.4, 0.5) is 13.2 Å². The van der Waals surface area contributed by atoms with Gasteiger partial charge in [-0.15, -0.1) is 11.3 Å². The first-order valence-electron chi connectivity index (χ1n) is 14.1. The van der Waals surface area contributed by atoms with Crippen molar-refractivity contribution in [1.82, 2.24) is 15.3 Å². The summed E-state index contributed by atoms with van der Waals surface area (Å²) in [5.41, 5.74) is 3.78. The minimum atomic E-state index is -4.37. The number of benzene rings is 3. The Morgan fingerprint density at radius 3 is 1.76 bits per heavy atom. The van der Waals surface area contributed by atoms with Gasteiger partial charge in [0.05, 0.1) is 10.4 Å².